The molecular formula is C12H13F2N3O. The highest BCUT2D eigenvalue weighted by Crippen LogP contribution is 2.29. The highest BCUT2D eigenvalue weighted by molar-refractivity contribution is 5.64. The van der Waals surface area contributed by atoms with E-state index in [2.05, 4.69) is 9.97 Å². The number of aromatic nitrogens is 2. The molecule has 0 aliphatic carbocycles. The molecule has 0 saturated heterocycles. The van der Waals surface area contributed by atoms with Crippen LogP contribution in [0.3, 0.4) is 0 Å². The Bertz CT molecular complexity index is 581. The molecule has 0 aliphatic heterocycles. The van der Waals surface area contributed by atoms with Gasteiger partial charge in [-0.3, -0.25) is 0 Å². The third kappa shape index (κ3) is 2.06. The molecule has 0 aliphatic rings. The standard InChI is InChI=1S/C12H13F2N3O/c1-6-16-10(5-15)12(17-6)7-3-9(14)11(18-2)4-8(7)13/h3-4H,5,15H2,1-2H3,(H,16,17). The number of nitrogens with two attached hydrogens (primary N) is 1. The Hall–Kier alpha value is -1.95. The number of methoxy groups -OCH3 is 1. The van der Waals surface area contributed by atoms with Gasteiger partial charge in [-0.15, -0.1) is 0 Å². The van der Waals surface area contributed by atoms with Gasteiger partial charge in [0.05, 0.1) is 18.5 Å². The van der Waals surface area contributed by atoms with Crippen LogP contribution in [-0.2, 0) is 6.54 Å². The van der Waals surface area contributed by atoms with E-state index >= 15 is 0 Å². The van der Waals surface area contributed by atoms with Gasteiger partial charge in [0.25, 0.3) is 0 Å². The van der Waals surface area contributed by atoms with Gasteiger partial charge in [0.15, 0.2) is 11.6 Å². The van der Waals surface area contributed by atoms with Gasteiger partial charge in [-0.1, -0.05) is 0 Å². The first kappa shape index (κ1) is 12.5. The summed E-state index contributed by atoms with van der Waals surface area (Å²) in [6, 6.07) is 2.05. The minimum atomic E-state index is -0.641. The molecule has 1 heterocycles. The lowest BCUT2D eigenvalue weighted by molar-refractivity contribution is 0.383. The zero-order valence-electron chi connectivity index (χ0n) is 10.1. The van der Waals surface area contributed by atoms with Crippen LogP contribution in [-0.4, -0.2) is 17.1 Å². The van der Waals surface area contributed by atoms with E-state index in [0.29, 0.717) is 17.2 Å². The maximum atomic E-state index is 13.9. The molecule has 6 heteroatoms. The Kier molecular flexibility index (Phi) is 3.29. The topological polar surface area (TPSA) is 63.9 Å². The lowest BCUT2D eigenvalue weighted by Crippen LogP contribution is -2.00. The second-order valence-corrected chi connectivity index (χ2v) is 3.82. The van der Waals surface area contributed by atoms with E-state index in [1.165, 1.54) is 7.11 Å². The van der Waals surface area contributed by atoms with Crippen LogP contribution < -0.4 is 10.5 Å². The average Bonchev–Trinajstić information content (AvgIpc) is 2.72. The fourth-order valence-corrected chi connectivity index (χ4v) is 1.78. The van der Waals surface area contributed by atoms with Crippen LogP contribution >= 0.6 is 0 Å². The van der Waals surface area contributed by atoms with Crippen molar-refractivity contribution in [3.8, 4) is 17.0 Å². The molecule has 0 spiro atoms. The summed E-state index contributed by atoms with van der Waals surface area (Å²) in [5, 5.41) is 0. The van der Waals surface area contributed by atoms with Gasteiger partial charge in [-0.05, 0) is 13.0 Å². The van der Waals surface area contributed by atoms with Crippen molar-refractivity contribution < 1.29 is 13.5 Å². The largest absolute Gasteiger partial charge is 0.494 e. The van der Waals surface area contributed by atoms with E-state index < -0.39 is 11.6 Å². The maximum absolute atomic E-state index is 13.9. The highest BCUT2D eigenvalue weighted by Gasteiger charge is 2.17. The number of H-pyrrole nitrogens is 1. The second-order valence-electron chi connectivity index (χ2n) is 3.82. The number of nitrogens with one attached hydrogen (secondary N) is 1. The first-order valence-corrected chi connectivity index (χ1v) is 5.35. The zero-order chi connectivity index (χ0) is 13.3. The molecule has 2 rings (SSSR count). The lowest BCUT2D eigenvalue weighted by Gasteiger charge is -2.06. The number of imidazole rings is 1. The number of benzene rings is 1. The normalized spacial score (nSPS) is 10.7. The Labute approximate surface area is 103 Å². The summed E-state index contributed by atoms with van der Waals surface area (Å²) in [5.41, 5.74) is 6.49. The molecule has 0 amide bonds. The van der Waals surface area contributed by atoms with E-state index in [1.54, 1.807) is 6.92 Å². The number of halogens is 2. The molecule has 96 valence electrons. The molecule has 4 nitrogen and oxygen atoms in total. The Morgan fingerprint density at radius 3 is 2.67 bits per heavy atom. The van der Waals surface area contributed by atoms with Gasteiger partial charge >= 0.3 is 0 Å². The first-order valence-electron chi connectivity index (χ1n) is 5.35. The Morgan fingerprint density at radius 1 is 1.33 bits per heavy atom. The third-order valence-corrected chi connectivity index (χ3v) is 2.60. The van der Waals surface area contributed by atoms with Crippen molar-refractivity contribution in [2.24, 2.45) is 5.73 Å². The summed E-state index contributed by atoms with van der Waals surface area (Å²) in [6.45, 7) is 1.89. The Morgan fingerprint density at radius 2 is 2.06 bits per heavy atom. The summed E-state index contributed by atoms with van der Waals surface area (Å²) in [7, 11) is 1.28. The van der Waals surface area contributed by atoms with E-state index in [4.69, 9.17) is 10.5 Å². The summed E-state index contributed by atoms with van der Waals surface area (Å²) < 4.78 is 32.2. The molecule has 0 saturated carbocycles. The molecular weight excluding hydrogens is 240 g/mol. The van der Waals surface area contributed by atoms with Crippen molar-refractivity contribution in [1.29, 1.82) is 0 Å². The SMILES string of the molecule is COc1cc(F)c(-c2nc(C)[nH]c2CN)cc1F. The van der Waals surface area contributed by atoms with Crippen LogP contribution in [0.4, 0.5) is 8.78 Å². The molecule has 1 aromatic heterocycles. The van der Waals surface area contributed by atoms with Crippen LogP contribution in [0.25, 0.3) is 11.3 Å². The molecule has 3 N–H and O–H groups in total. The third-order valence-electron chi connectivity index (χ3n) is 2.60. The molecule has 2 aromatic rings. The quantitative estimate of drug-likeness (QED) is 0.880. The minimum absolute atomic E-state index is 0.0677. The fourth-order valence-electron chi connectivity index (χ4n) is 1.78. The summed E-state index contributed by atoms with van der Waals surface area (Å²) in [5.74, 6) is -0.786. The molecule has 0 radical (unpaired) electrons. The monoisotopic (exact) mass is 253 g/mol. The van der Waals surface area contributed by atoms with Crippen molar-refractivity contribution in [3.05, 3.63) is 35.3 Å². The summed E-state index contributed by atoms with van der Waals surface area (Å²) in [6.07, 6.45) is 0. The average molecular weight is 253 g/mol. The number of nitrogens with zero attached hydrogens (tertiary/aromatic N) is 1. The van der Waals surface area contributed by atoms with E-state index in [-0.39, 0.29) is 17.9 Å². The molecule has 0 bridgehead atoms. The fraction of sp³-hybridized carbons (Fsp3) is 0.250. The zero-order valence-corrected chi connectivity index (χ0v) is 10.1. The van der Waals surface area contributed by atoms with Crippen molar-refractivity contribution in [1.82, 2.24) is 9.97 Å². The predicted molar refractivity (Wildman–Crippen MR) is 63.1 cm³/mol. The van der Waals surface area contributed by atoms with Crippen LogP contribution in [0.2, 0.25) is 0 Å². The molecule has 0 fully saturated rings. The van der Waals surface area contributed by atoms with Crippen LogP contribution in [0.5, 0.6) is 5.75 Å². The van der Waals surface area contributed by atoms with Crippen molar-refractivity contribution in [2.75, 3.05) is 7.11 Å². The van der Waals surface area contributed by atoms with E-state index in [9.17, 15) is 8.78 Å². The van der Waals surface area contributed by atoms with Gasteiger partial charge in [-0.25, -0.2) is 13.8 Å². The van der Waals surface area contributed by atoms with Crippen LogP contribution in [0, 0.1) is 18.6 Å². The molecule has 0 atom stereocenters. The Balaban J connectivity index is 2.60. The second kappa shape index (κ2) is 4.73. The van der Waals surface area contributed by atoms with Crippen LogP contribution in [0.1, 0.15) is 11.5 Å². The van der Waals surface area contributed by atoms with Gasteiger partial charge < -0.3 is 15.5 Å². The smallest absolute Gasteiger partial charge is 0.165 e. The van der Waals surface area contributed by atoms with E-state index in [1.807, 2.05) is 0 Å². The highest BCUT2D eigenvalue weighted by atomic mass is 19.1. The minimum Gasteiger partial charge on any atom is -0.494 e. The first-order chi connectivity index (χ1) is 8.56. The maximum Gasteiger partial charge on any atom is 0.165 e. The van der Waals surface area contributed by atoms with Gasteiger partial charge in [0.2, 0.25) is 0 Å². The number of ether oxygens (including phenoxy) is 1. The molecule has 0 unspecified atom stereocenters. The molecule has 1 aromatic carbocycles. The summed E-state index contributed by atoms with van der Waals surface area (Å²) >= 11 is 0. The predicted octanol–water partition coefficient (Wildman–Crippen LogP) is 2.13. The number of hydrogen-bond acceptors (Lipinski definition) is 3. The number of rotatable bonds is 3. The number of aromatic amines is 1. The van der Waals surface area contributed by atoms with Gasteiger partial charge in [-0.2, -0.15) is 0 Å². The van der Waals surface area contributed by atoms with Crippen molar-refractivity contribution in [2.45, 2.75) is 13.5 Å². The molecule has 18 heavy (non-hydrogen) atoms. The van der Waals surface area contributed by atoms with E-state index in [0.717, 1.165) is 12.1 Å². The number of hydrogen-bond donors (Lipinski definition) is 2. The van der Waals surface area contributed by atoms with Gasteiger partial charge in [0, 0.05) is 18.2 Å². The van der Waals surface area contributed by atoms with Crippen LogP contribution in [0.15, 0.2) is 12.1 Å². The van der Waals surface area contributed by atoms with Gasteiger partial charge in [0.1, 0.15) is 11.6 Å². The lowest BCUT2D eigenvalue weighted by atomic mass is 10.1. The van der Waals surface area contributed by atoms with Crippen molar-refractivity contribution >= 4 is 0 Å². The summed E-state index contributed by atoms with van der Waals surface area (Å²) in [4.78, 5) is 7.04. The number of aryl methyl sites for hydroxylation is 1. The van der Waals surface area contributed by atoms with Crippen molar-refractivity contribution in [3.63, 3.8) is 0 Å².